The molecule has 1 aliphatic heterocycles. The van der Waals surface area contributed by atoms with Gasteiger partial charge in [0, 0.05) is 18.0 Å². The van der Waals surface area contributed by atoms with Gasteiger partial charge >= 0.3 is 0 Å². The van der Waals surface area contributed by atoms with Crippen LogP contribution in [0.15, 0.2) is 52.9 Å². The van der Waals surface area contributed by atoms with Gasteiger partial charge in [-0.25, -0.2) is 0 Å². The summed E-state index contributed by atoms with van der Waals surface area (Å²) in [7, 11) is 0. The van der Waals surface area contributed by atoms with Crippen molar-refractivity contribution in [2.45, 2.75) is 39.4 Å². The van der Waals surface area contributed by atoms with Crippen LogP contribution in [0, 0.1) is 0 Å². The van der Waals surface area contributed by atoms with E-state index in [9.17, 15) is 4.79 Å². The molecule has 1 atom stereocenters. The van der Waals surface area contributed by atoms with Crippen LogP contribution in [-0.4, -0.2) is 40.1 Å². The van der Waals surface area contributed by atoms with E-state index in [1.807, 2.05) is 32.0 Å². The molecule has 0 saturated heterocycles. The van der Waals surface area contributed by atoms with Crippen LogP contribution in [0.4, 0.5) is 0 Å². The second kappa shape index (κ2) is 8.98. The quantitative estimate of drug-likeness (QED) is 0.659. The number of hydrogen-bond donors (Lipinski definition) is 1. The topological polar surface area (TPSA) is 63.7 Å². The predicted octanol–water partition coefficient (Wildman–Crippen LogP) is 2.77. The molecule has 0 saturated carbocycles. The molecule has 4 rings (SSSR count). The predicted molar refractivity (Wildman–Crippen MR) is 115 cm³/mol. The maximum absolute atomic E-state index is 13.1. The van der Waals surface area contributed by atoms with Gasteiger partial charge in [0.15, 0.2) is 6.54 Å². The number of benzene rings is 2. The summed E-state index contributed by atoms with van der Waals surface area (Å²) < 4.78 is 5.81. The van der Waals surface area contributed by atoms with Gasteiger partial charge in [0.25, 0.3) is 5.91 Å². The number of nitrogens with zero attached hydrogens (tertiary/aromatic N) is 3. The van der Waals surface area contributed by atoms with Crippen molar-refractivity contribution >= 4 is 17.5 Å². The van der Waals surface area contributed by atoms with E-state index in [-0.39, 0.29) is 18.5 Å². The zero-order valence-electron chi connectivity index (χ0n) is 17.3. The van der Waals surface area contributed by atoms with E-state index in [1.54, 1.807) is 11.0 Å². The Bertz CT molecular complexity index is 1030. The Balaban J connectivity index is 1.43. The minimum absolute atomic E-state index is 0.0321. The lowest BCUT2D eigenvalue weighted by Crippen LogP contribution is -3.12. The molecule has 0 spiro atoms. The molecule has 156 valence electrons. The molecule has 1 aliphatic rings. The first-order chi connectivity index (χ1) is 14.5. The van der Waals surface area contributed by atoms with Gasteiger partial charge in [-0.05, 0) is 31.5 Å². The highest BCUT2D eigenvalue weighted by atomic mass is 35.5. The highest BCUT2D eigenvalue weighted by molar-refractivity contribution is 6.33. The Morgan fingerprint density at radius 1 is 1.13 bits per heavy atom. The van der Waals surface area contributed by atoms with Crippen molar-refractivity contribution in [2.75, 3.05) is 13.1 Å². The third-order valence-electron chi connectivity index (χ3n) is 5.53. The minimum Gasteiger partial charge on any atom is -0.419 e. The number of fused-ring (bicyclic) bond motifs is 1. The largest absolute Gasteiger partial charge is 0.419 e. The number of carbonyl (C=O) groups excluding carboxylic acids is 1. The lowest BCUT2D eigenvalue weighted by molar-refractivity contribution is -0.908. The summed E-state index contributed by atoms with van der Waals surface area (Å²) in [5.41, 5.74) is 3.42. The number of hydrogen-bond acceptors (Lipinski definition) is 4. The smallest absolute Gasteiger partial charge is 0.278 e. The van der Waals surface area contributed by atoms with Gasteiger partial charge in [0.2, 0.25) is 11.8 Å². The van der Waals surface area contributed by atoms with E-state index < -0.39 is 0 Å². The maximum Gasteiger partial charge on any atom is 0.278 e. The van der Waals surface area contributed by atoms with Gasteiger partial charge in [0.05, 0.1) is 23.7 Å². The first kappa shape index (κ1) is 20.6. The number of aromatic nitrogens is 2. The van der Waals surface area contributed by atoms with Crippen LogP contribution in [-0.2, 0) is 24.3 Å². The maximum atomic E-state index is 13.1. The molecule has 0 bridgehead atoms. The second-order valence-corrected chi connectivity index (χ2v) is 8.38. The SMILES string of the molecule is CC(C)N(Cc1nnc(-c2ccccc2Cl)o1)C(=O)C[NH+]1CCc2ccccc2C1. The fourth-order valence-electron chi connectivity index (χ4n) is 3.87. The zero-order valence-corrected chi connectivity index (χ0v) is 18.0. The summed E-state index contributed by atoms with van der Waals surface area (Å²) in [6.45, 7) is 6.60. The molecule has 0 radical (unpaired) electrons. The highest BCUT2D eigenvalue weighted by Crippen LogP contribution is 2.26. The van der Waals surface area contributed by atoms with Crippen LogP contribution >= 0.6 is 11.6 Å². The third kappa shape index (κ3) is 4.55. The van der Waals surface area contributed by atoms with E-state index in [0.29, 0.717) is 28.9 Å². The van der Waals surface area contributed by atoms with Crippen molar-refractivity contribution < 1.29 is 14.1 Å². The van der Waals surface area contributed by atoms with E-state index in [0.717, 1.165) is 19.5 Å². The van der Waals surface area contributed by atoms with Crippen LogP contribution in [0.1, 0.15) is 30.9 Å². The van der Waals surface area contributed by atoms with Gasteiger partial charge in [-0.3, -0.25) is 4.79 Å². The van der Waals surface area contributed by atoms with Crippen molar-refractivity contribution in [2.24, 2.45) is 0 Å². The molecule has 2 heterocycles. The Labute approximate surface area is 181 Å². The molecule has 0 fully saturated rings. The molecule has 30 heavy (non-hydrogen) atoms. The Kier molecular flexibility index (Phi) is 6.16. The van der Waals surface area contributed by atoms with Crippen LogP contribution in [0.25, 0.3) is 11.5 Å². The lowest BCUT2D eigenvalue weighted by Gasteiger charge is -2.30. The molecule has 1 aromatic heterocycles. The summed E-state index contributed by atoms with van der Waals surface area (Å²) in [6, 6.07) is 15.9. The molecular formula is C23H26ClN4O2+. The number of nitrogens with one attached hydrogen (secondary N) is 1. The number of amides is 1. The minimum atomic E-state index is 0.0321. The fraction of sp³-hybridized carbons (Fsp3) is 0.348. The van der Waals surface area contributed by atoms with Gasteiger partial charge in [-0.2, -0.15) is 0 Å². The Morgan fingerprint density at radius 2 is 1.87 bits per heavy atom. The molecule has 1 N–H and O–H groups in total. The zero-order chi connectivity index (χ0) is 21.1. The number of rotatable bonds is 6. The van der Waals surface area contributed by atoms with Crippen LogP contribution in [0.2, 0.25) is 5.02 Å². The van der Waals surface area contributed by atoms with Gasteiger partial charge < -0.3 is 14.2 Å². The second-order valence-electron chi connectivity index (χ2n) is 7.97. The van der Waals surface area contributed by atoms with E-state index in [4.69, 9.17) is 16.0 Å². The average molecular weight is 426 g/mol. The van der Waals surface area contributed by atoms with Crippen molar-refractivity contribution in [3.05, 3.63) is 70.6 Å². The lowest BCUT2D eigenvalue weighted by atomic mass is 10.00. The van der Waals surface area contributed by atoms with Crippen molar-refractivity contribution in [1.29, 1.82) is 0 Å². The van der Waals surface area contributed by atoms with Crippen molar-refractivity contribution in [1.82, 2.24) is 15.1 Å². The summed E-state index contributed by atoms with van der Waals surface area (Å²) in [5.74, 6) is 0.868. The standard InChI is InChI=1S/C23H25ClN4O2/c1-16(2)28(14-21-25-26-23(30-21)19-9-5-6-10-20(19)24)22(29)15-27-12-11-17-7-3-4-8-18(17)13-27/h3-10,16H,11-15H2,1-2H3/p+1. The van der Waals surface area contributed by atoms with Gasteiger partial charge in [-0.15, -0.1) is 10.2 Å². The summed E-state index contributed by atoms with van der Waals surface area (Å²) in [4.78, 5) is 16.2. The van der Waals surface area contributed by atoms with Crippen molar-refractivity contribution in [3.63, 3.8) is 0 Å². The Hall–Kier alpha value is -2.70. The summed E-state index contributed by atoms with van der Waals surface area (Å²) >= 11 is 6.22. The van der Waals surface area contributed by atoms with Crippen LogP contribution < -0.4 is 4.90 Å². The molecule has 3 aromatic rings. The van der Waals surface area contributed by atoms with Crippen molar-refractivity contribution in [3.8, 4) is 11.5 Å². The molecule has 2 aromatic carbocycles. The fourth-order valence-corrected chi connectivity index (χ4v) is 4.09. The summed E-state index contributed by atoms with van der Waals surface area (Å²) in [6.07, 6.45) is 1.01. The number of halogens is 1. The third-order valence-corrected chi connectivity index (χ3v) is 5.86. The first-order valence-corrected chi connectivity index (χ1v) is 10.7. The van der Waals surface area contributed by atoms with Gasteiger partial charge in [0.1, 0.15) is 6.54 Å². The van der Waals surface area contributed by atoms with Crippen LogP contribution in [0.5, 0.6) is 0 Å². The molecule has 1 unspecified atom stereocenters. The molecule has 1 amide bonds. The van der Waals surface area contributed by atoms with E-state index >= 15 is 0 Å². The average Bonchev–Trinajstić information content (AvgIpc) is 3.20. The number of carbonyl (C=O) groups is 1. The first-order valence-electron chi connectivity index (χ1n) is 10.3. The monoisotopic (exact) mass is 425 g/mol. The Morgan fingerprint density at radius 3 is 2.63 bits per heavy atom. The molecular weight excluding hydrogens is 400 g/mol. The molecule has 7 heteroatoms. The molecule has 0 aliphatic carbocycles. The van der Waals surface area contributed by atoms with E-state index in [2.05, 4.69) is 34.5 Å². The van der Waals surface area contributed by atoms with Gasteiger partial charge in [-0.1, -0.05) is 48.0 Å². The van der Waals surface area contributed by atoms with E-state index in [1.165, 1.54) is 16.0 Å². The highest BCUT2D eigenvalue weighted by Gasteiger charge is 2.27. The van der Waals surface area contributed by atoms with Crippen LogP contribution in [0.3, 0.4) is 0 Å². The normalized spacial score (nSPS) is 15.8. The molecule has 6 nitrogen and oxygen atoms in total. The number of quaternary nitrogens is 1. The summed E-state index contributed by atoms with van der Waals surface area (Å²) in [5, 5.41) is 8.81.